The van der Waals surface area contributed by atoms with Crippen molar-refractivity contribution in [3.63, 3.8) is 0 Å². The molecule has 0 aliphatic rings. The summed E-state index contributed by atoms with van der Waals surface area (Å²) in [5.41, 5.74) is -5.10. The second kappa shape index (κ2) is 35.6. The number of hydrogen-bond donors (Lipinski definition) is 10. The Hall–Kier alpha value is -6.22. The zero-order valence-corrected chi connectivity index (χ0v) is 72.9. The van der Waals surface area contributed by atoms with Crippen molar-refractivity contribution < 1.29 is 276 Å². The van der Waals surface area contributed by atoms with Crippen LogP contribution in [-0.2, 0) is 60.7 Å². The second-order valence-electron chi connectivity index (χ2n) is 20.9. The summed E-state index contributed by atoms with van der Waals surface area (Å²) in [5, 5.41) is 69.3. The van der Waals surface area contributed by atoms with Crippen LogP contribution in [0.3, 0.4) is 0 Å². The Bertz CT molecular complexity index is 6420. The van der Waals surface area contributed by atoms with Gasteiger partial charge in [-0.15, -0.1) is 20.4 Å². The van der Waals surface area contributed by atoms with Crippen LogP contribution in [0.5, 0.6) is 23.0 Å². The number of aromatic amines is 6. The van der Waals surface area contributed by atoms with Gasteiger partial charge < -0.3 is 29.5 Å². The number of aromatic nitrogens is 12. The maximum absolute atomic E-state index is 13.5. The molecule has 12 rings (SSSR count). The van der Waals surface area contributed by atoms with Gasteiger partial charge in [-0.2, -0.15) is 43.3 Å². The first-order chi connectivity index (χ1) is 47.8. The average molecular weight is 1640 g/mol. The van der Waals surface area contributed by atoms with Crippen LogP contribution < -0.4 is 231 Å². The Morgan fingerprint density at radius 1 is 0.315 bits per heavy atom. The molecule has 0 saturated carbocycles. The largest absolute Gasteiger partial charge is 1.00 e. The van der Waals surface area contributed by atoms with Crippen LogP contribution in [0.15, 0.2) is 205 Å². The zero-order valence-electron chi connectivity index (χ0n) is 56.0. The molecule has 0 aliphatic carbocycles. The summed E-state index contributed by atoms with van der Waals surface area (Å²) in [6.45, 7) is 0. The molecule has 0 saturated heterocycles. The predicted molar refractivity (Wildman–Crippen MR) is 336 cm³/mol. The molecule has 0 fully saturated rings. The number of rotatable bonds is 16. The summed E-state index contributed by atoms with van der Waals surface area (Å²) in [6.07, 6.45) is 2.03. The normalized spacial score (nSPS) is 13.2. The molecular weight excluding hydrogens is 1610 g/mol. The van der Waals surface area contributed by atoms with Crippen molar-refractivity contribution in [1.29, 1.82) is 0 Å². The Morgan fingerprint density at radius 3 is 0.898 bits per heavy atom. The maximum Gasteiger partial charge on any atom is 1.00 e. The molecule has 40 nitrogen and oxygen atoms in total. The predicted octanol–water partition coefficient (Wildman–Crippen LogP) is -18.2. The van der Waals surface area contributed by atoms with E-state index in [1.807, 2.05) is 0 Å². The van der Waals surface area contributed by atoms with Crippen molar-refractivity contribution in [1.82, 2.24) is 59.9 Å². The van der Waals surface area contributed by atoms with E-state index < -0.39 is 147 Å². The van der Waals surface area contributed by atoms with Gasteiger partial charge in [-0.3, -0.25) is 48.1 Å². The van der Waals surface area contributed by atoms with Crippen molar-refractivity contribution in [2.24, 2.45) is 30.0 Å². The fraction of sp³-hybridized carbons (Fsp3) is 0. The average Bonchev–Trinajstić information content (AvgIpc) is 0.827. The number of nitrogens with one attached hydrogen (secondary N) is 6. The molecule has 0 unspecified atom stereocenters. The summed E-state index contributed by atoms with van der Waals surface area (Å²) in [7, 11) is -30.0. The zero-order chi connectivity index (χ0) is 73.2. The molecule has 0 amide bonds. The van der Waals surface area contributed by atoms with Gasteiger partial charge >= 0.3 is 177 Å². The molecule has 524 valence electrons. The van der Waals surface area contributed by atoms with Crippen LogP contribution in [0.1, 0.15) is 11.1 Å². The number of hydrogen-bond acceptors (Lipinski definition) is 28. The first-order valence-corrected chi connectivity index (χ1v) is 36.3. The number of nitrogens with zero attached hydrogens (tertiary/aromatic N) is 12. The fourth-order valence-electron chi connectivity index (χ4n) is 9.32. The number of fused-ring (bicyclic) bond motifs is 2. The molecule has 4 aromatic heterocycles. The van der Waals surface area contributed by atoms with Crippen molar-refractivity contribution in [3.8, 4) is 34.4 Å². The summed E-state index contributed by atoms with van der Waals surface area (Å²) in [5.74, 6) is -3.23. The van der Waals surface area contributed by atoms with E-state index in [-0.39, 0.29) is 256 Å². The van der Waals surface area contributed by atoms with Crippen molar-refractivity contribution >= 4 is 129 Å². The van der Waals surface area contributed by atoms with E-state index in [9.17, 15) is 98.2 Å². The second-order valence-corrected chi connectivity index (χ2v) is 29.3. The van der Waals surface area contributed by atoms with Gasteiger partial charge in [0, 0.05) is 0 Å². The van der Waals surface area contributed by atoms with Gasteiger partial charge in [0.05, 0.1) is 65.1 Å². The van der Waals surface area contributed by atoms with E-state index in [1.165, 1.54) is 48.5 Å². The van der Waals surface area contributed by atoms with E-state index in [0.717, 1.165) is 119 Å². The first-order valence-electron chi connectivity index (χ1n) is 27.7. The van der Waals surface area contributed by atoms with E-state index in [1.54, 1.807) is 0 Å². The number of benzene rings is 8. The third kappa shape index (κ3) is 21.9. The minimum Gasteiger partial charge on any atom is -0.871 e. The smallest absolute Gasteiger partial charge is 0.871 e. The van der Waals surface area contributed by atoms with Crippen LogP contribution in [0, 0.1) is 0 Å². The standard InChI is InChI=1S/C56H42N18O22S6.6Na/c75-45-17-11-35(99(85,86)87)25-41(45)61-55-65-51(57-29-7-15-43(47(77)19-29)73-69-37-13-9-33(97(79,80)81)23-39(37)71-73)63-53(67-55)59-31-5-3-27(49(21-31)101(91,92)93)1-2-28-4-6-32(22-50(28)102(94,95)96)60-54-64-52(66-56(68-54)62-42-26-36(100(88,89)90)12-18-46(42)76)58-30-8-16-44(48(78)20-30)74-70-38-14-10-34(98(82,83)84)24-40(38)72-74;;;;;;/h1-26,75-78H,(H,79,80,81)(H,82,83,84)(H,85,86,87)(H,88,89,90)(H,91,92,93)(H,94,95,96)(H3,57,59,61,63,65,67)(H3,58,60,62,64,66,68);;;;;;/q;6*+1/p-6/b2-1+;;;;;;. The third-order valence-corrected chi connectivity index (χ3v) is 19.1. The van der Waals surface area contributed by atoms with E-state index >= 15 is 0 Å². The third-order valence-electron chi connectivity index (χ3n) is 13.9. The summed E-state index contributed by atoms with van der Waals surface area (Å²) < 4.78 is 210. The Kier molecular flexibility index (Phi) is 29.9. The molecule has 0 radical (unpaired) electrons. The van der Waals surface area contributed by atoms with Gasteiger partial charge in [-0.05, 0) is 132 Å². The van der Waals surface area contributed by atoms with E-state index in [4.69, 9.17) is 0 Å². The molecular formula is C56H36N18Na6O22S6. The van der Waals surface area contributed by atoms with Crippen LogP contribution in [-0.4, -0.2) is 138 Å². The van der Waals surface area contributed by atoms with Crippen molar-refractivity contribution in [3.05, 3.63) is 190 Å². The van der Waals surface area contributed by atoms with E-state index in [0.29, 0.717) is 0 Å². The Balaban J connectivity index is 0.00000304. The molecule has 0 atom stereocenters. The van der Waals surface area contributed by atoms with Crippen molar-refractivity contribution in [2.75, 3.05) is 0 Å². The molecule has 4 heterocycles. The van der Waals surface area contributed by atoms with Crippen LogP contribution >= 0.6 is 0 Å². The summed E-state index contributed by atoms with van der Waals surface area (Å²) >= 11 is 0. The van der Waals surface area contributed by atoms with Crippen LogP contribution in [0.2, 0.25) is 0 Å². The van der Waals surface area contributed by atoms with Gasteiger partial charge in [0.1, 0.15) is 52.1 Å². The summed E-state index contributed by atoms with van der Waals surface area (Å²) in [6, 6.07) is 24.2. The van der Waals surface area contributed by atoms with Crippen LogP contribution in [0.4, 0.5) is 34.1 Å². The van der Waals surface area contributed by atoms with Crippen LogP contribution in [0.25, 0.3) is 45.6 Å². The quantitative estimate of drug-likeness (QED) is 0.0244. The fourth-order valence-corrected chi connectivity index (χ4v) is 12.7. The monoisotopic (exact) mass is 1640 g/mol. The molecule has 0 bridgehead atoms. The molecule has 10 N–H and O–H groups in total. The number of H-pyrrole nitrogens is 6. The molecule has 8 aromatic carbocycles. The summed E-state index contributed by atoms with van der Waals surface area (Å²) in [4.78, 5) is 39.0. The van der Waals surface area contributed by atoms with Crippen molar-refractivity contribution in [2.45, 2.75) is 29.4 Å². The Labute approximate surface area is 738 Å². The first kappa shape index (κ1) is 90.7. The topological polar surface area (TPSA) is 654 Å². The molecule has 52 heteroatoms. The van der Waals surface area contributed by atoms with Gasteiger partial charge in [0.25, 0.3) is 40.5 Å². The maximum atomic E-state index is 13.5. The van der Waals surface area contributed by atoms with E-state index in [2.05, 4.69) is 80.3 Å². The van der Waals surface area contributed by atoms with Gasteiger partial charge in [0.15, 0.2) is 0 Å². The minimum atomic E-state index is -5.24. The Morgan fingerprint density at radius 2 is 0.602 bits per heavy atom. The van der Waals surface area contributed by atoms with Gasteiger partial charge in [-0.1, -0.05) is 59.4 Å². The molecule has 12 aromatic rings. The SMILES string of the molecule is O=S(=O)([O-])c1ccc2nn(-c3ccc(N=c4[nH]c(=Nc5ccc(/C=C/c6ccc(N=c7[nH]c(=Nc8ccc(-n9nc%10ccc(S(=O)(=O)[O-])cc%10n9)c([O-])c8)[nH]c(=Nc8cc(S(=O)(=O)O)ccc8[O-])[nH]7)cc6S(=O)(=O)O)c(S(=O)(=O)O)c5)[nH]c(=Nc5cc(S(=O)(=O)O)ccc5[O-])[nH]4)cc3[O-])nc2c1.[Na+].[Na+].[Na+].[Na+].[Na+].[Na+]. The molecule has 0 aliphatic heterocycles. The van der Waals surface area contributed by atoms with Gasteiger partial charge in [-0.25, -0.2) is 46.8 Å². The van der Waals surface area contributed by atoms with Gasteiger partial charge in [0.2, 0.25) is 33.7 Å². The molecule has 0 spiro atoms. The minimum absolute atomic E-state index is 0. The molecule has 108 heavy (non-hydrogen) atoms.